The smallest absolute Gasteiger partial charge is 0.269 e. The zero-order chi connectivity index (χ0) is 20.4. The van der Waals surface area contributed by atoms with Gasteiger partial charge in [0, 0.05) is 30.8 Å². The van der Waals surface area contributed by atoms with Crippen molar-refractivity contribution in [3.05, 3.63) is 53.2 Å². The minimum Gasteiger partial charge on any atom is -0.508 e. The van der Waals surface area contributed by atoms with Gasteiger partial charge < -0.3 is 21.3 Å². The molecule has 0 aliphatic heterocycles. The predicted octanol–water partition coefficient (Wildman–Crippen LogP) is 3.10. The van der Waals surface area contributed by atoms with Crippen LogP contribution in [0.15, 0.2) is 36.4 Å². The molecule has 0 spiro atoms. The van der Waals surface area contributed by atoms with Gasteiger partial charge in [0.05, 0.1) is 0 Å². The molecule has 1 aromatic heterocycles. The van der Waals surface area contributed by atoms with Gasteiger partial charge in [-0.25, -0.2) is 0 Å². The maximum absolute atomic E-state index is 12.4. The number of carbonyl (C=O) groups excluding carboxylic acids is 1. The molecule has 3 rings (SSSR count). The lowest BCUT2D eigenvalue weighted by molar-refractivity contribution is 0.0958. The van der Waals surface area contributed by atoms with Gasteiger partial charge in [-0.05, 0) is 28.7 Å². The molecule has 3 aromatic rings. The van der Waals surface area contributed by atoms with E-state index in [0.717, 1.165) is 11.1 Å². The molecule has 1 heterocycles. The average molecular weight is 380 g/mol. The van der Waals surface area contributed by atoms with Crippen molar-refractivity contribution < 1.29 is 15.0 Å². The van der Waals surface area contributed by atoms with Crippen molar-refractivity contribution in [1.82, 2.24) is 15.5 Å². The Morgan fingerprint density at radius 1 is 1.18 bits per heavy atom. The lowest BCUT2D eigenvalue weighted by Crippen LogP contribution is -2.19. The summed E-state index contributed by atoms with van der Waals surface area (Å²) in [6, 6.07) is 10.5. The Kier molecular flexibility index (Phi) is 5.37. The molecule has 0 fully saturated rings. The first-order chi connectivity index (χ1) is 13.4. The van der Waals surface area contributed by atoms with Crippen LogP contribution in [0.2, 0.25) is 0 Å². The number of phenols is 2. The molecular weight excluding hydrogens is 356 g/mol. The molecular formula is C21H24N4O3. The van der Waals surface area contributed by atoms with Crippen LogP contribution in [0.1, 0.15) is 41.4 Å². The number of nitrogens with zero attached hydrogens (tertiary/aromatic N) is 1. The van der Waals surface area contributed by atoms with Gasteiger partial charge in [-0.15, -0.1) is 0 Å². The highest BCUT2D eigenvalue weighted by molar-refractivity contribution is 6.03. The van der Waals surface area contributed by atoms with Crippen LogP contribution in [-0.4, -0.2) is 33.4 Å². The van der Waals surface area contributed by atoms with Gasteiger partial charge in [0.15, 0.2) is 0 Å². The number of amides is 1. The van der Waals surface area contributed by atoms with E-state index in [-0.39, 0.29) is 29.0 Å². The third kappa shape index (κ3) is 3.44. The number of benzene rings is 2. The Balaban J connectivity index is 2.26. The van der Waals surface area contributed by atoms with E-state index in [1.165, 1.54) is 6.07 Å². The molecule has 0 aliphatic carbocycles. The Bertz CT molecular complexity index is 1010. The van der Waals surface area contributed by atoms with Crippen LogP contribution < -0.4 is 11.1 Å². The average Bonchev–Trinajstić information content (AvgIpc) is 3.12. The van der Waals surface area contributed by atoms with Gasteiger partial charge in [0.1, 0.15) is 22.9 Å². The normalized spacial score (nSPS) is 11.0. The molecule has 0 saturated heterocycles. The largest absolute Gasteiger partial charge is 0.508 e. The van der Waals surface area contributed by atoms with Crippen molar-refractivity contribution >= 4 is 5.91 Å². The number of nitrogens with one attached hydrogen (secondary N) is 2. The standard InChI is InChI=1S/C21H24N4O3/c1-11(2)14-8-15(17(27)9-16(14)26)19-18(20(25-24-19)21(28)23-3)13-6-4-12(10-22)5-7-13/h4-9,11,26-27H,10,22H2,1-3H3,(H,23,28)(H,24,25). The molecule has 146 valence electrons. The second-order valence-electron chi connectivity index (χ2n) is 6.89. The lowest BCUT2D eigenvalue weighted by Gasteiger charge is -2.13. The second-order valence-corrected chi connectivity index (χ2v) is 6.89. The van der Waals surface area contributed by atoms with E-state index in [2.05, 4.69) is 15.5 Å². The minimum atomic E-state index is -0.320. The highest BCUT2D eigenvalue weighted by Crippen LogP contribution is 2.41. The topological polar surface area (TPSA) is 124 Å². The highest BCUT2D eigenvalue weighted by Gasteiger charge is 2.24. The molecule has 28 heavy (non-hydrogen) atoms. The first-order valence-electron chi connectivity index (χ1n) is 9.03. The Morgan fingerprint density at radius 2 is 1.86 bits per heavy atom. The Labute approximate surface area is 163 Å². The molecule has 0 radical (unpaired) electrons. The molecule has 2 aromatic carbocycles. The first kappa shape index (κ1) is 19.4. The Morgan fingerprint density at radius 3 is 2.43 bits per heavy atom. The highest BCUT2D eigenvalue weighted by atomic mass is 16.3. The van der Waals surface area contributed by atoms with E-state index in [1.54, 1.807) is 13.1 Å². The predicted molar refractivity (Wildman–Crippen MR) is 108 cm³/mol. The van der Waals surface area contributed by atoms with Gasteiger partial charge in [-0.3, -0.25) is 9.89 Å². The number of phenolic OH excluding ortho intramolecular Hbond substituents is 2. The van der Waals surface area contributed by atoms with Gasteiger partial charge in [-0.1, -0.05) is 38.1 Å². The van der Waals surface area contributed by atoms with Crippen molar-refractivity contribution in [1.29, 1.82) is 0 Å². The fourth-order valence-electron chi connectivity index (χ4n) is 3.16. The molecule has 6 N–H and O–H groups in total. The third-order valence-electron chi connectivity index (χ3n) is 4.72. The summed E-state index contributed by atoms with van der Waals surface area (Å²) in [6.07, 6.45) is 0. The fourth-order valence-corrected chi connectivity index (χ4v) is 3.16. The summed E-state index contributed by atoms with van der Waals surface area (Å²) in [5.41, 5.74) is 9.81. The number of aromatic nitrogens is 2. The number of carbonyl (C=O) groups is 1. The quantitative estimate of drug-likeness (QED) is 0.465. The summed E-state index contributed by atoms with van der Waals surface area (Å²) in [6.45, 7) is 4.31. The zero-order valence-corrected chi connectivity index (χ0v) is 16.1. The lowest BCUT2D eigenvalue weighted by atomic mass is 9.93. The van der Waals surface area contributed by atoms with E-state index >= 15 is 0 Å². The number of hydrogen-bond acceptors (Lipinski definition) is 5. The fraction of sp³-hybridized carbons (Fsp3) is 0.238. The van der Waals surface area contributed by atoms with Crippen molar-refractivity contribution in [2.45, 2.75) is 26.3 Å². The molecule has 0 bridgehead atoms. The number of hydrogen-bond donors (Lipinski definition) is 5. The van der Waals surface area contributed by atoms with Gasteiger partial charge in [0.25, 0.3) is 5.91 Å². The van der Waals surface area contributed by atoms with Crippen LogP contribution in [0.3, 0.4) is 0 Å². The molecule has 1 amide bonds. The number of aromatic hydroxyl groups is 2. The van der Waals surface area contributed by atoms with Crippen LogP contribution in [0.4, 0.5) is 0 Å². The summed E-state index contributed by atoms with van der Waals surface area (Å²) in [5.74, 6) is -0.369. The van der Waals surface area contributed by atoms with Crippen molar-refractivity contribution in [2.75, 3.05) is 7.05 Å². The SMILES string of the molecule is CNC(=O)c1[nH]nc(-c2cc(C(C)C)c(O)cc2O)c1-c1ccc(CN)cc1. The van der Waals surface area contributed by atoms with Crippen molar-refractivity contribution in [3.63, 3.8) is 0 Å². The van der Waals surface area contributed by atoms with E-state index in [1.807, 2.05) is 38.1 Å². The number of rotatable bonds is 5. The second kappa shape index (κ2) is 7.74. The summed E-state index contributed by atoms with van der Waals surface area (Å²) in [7, 11) is 1.54. The summed E-state index contributed by atoms with van der Waals surface area (Å²) in [4.78, 5) is 12.4. The van der Waals surface area contributed by atoms with Crippen LogP contribution in [0.25, 0.3) is 22.4 Å². The van der Waals surface area contributed by atoms with Gasteiger partial charge in [0.2, 0.25) is 0 Å². The van der Waals surface area contributed by atoms with Crippen LogP contribution in [0.5, 0.6) is 11.5 Å². The molecule has 0 atom stereocenters. The van der Waals surface area contributed by atoms with Crippen LogP contribution in [-0.2, 0) is 6.54 Å². The van der Waals surface area contributed by atoms with Crippen LogP contribution in [0, 0.1) is 0 Å². The van der Waals surface area contributed by atoms with Crippen molar-refractivity contribution in [3.8, 4) is 33.9 Å². The van der Waals surface area contributed by atoms with Gasteiger partial charge in [-0.2, -0.15) is 5.10 Å². The zero-order valence-electron chi connectivity index (χ0n) is 16.1. The maximum atomic E-state index is 12.4. The number of nitrogens with two attached hydrogens (primary N) is 1. The minimum absolute atomic E-state index is 0.0205. The van der Waals surface area contributed by atoms with E-state index in [9.17, 15) is 15.0 Å². The first-order valence-corrected chi connectivity index (χ1v) is 9.03. The Hall–Kier alpha value is -3.32. The molecule has 0 aliphatic rings. The van der Waals surface area contributed by atoms with Crippen LogP contribution >= 0.6 is 0 Å². The van der Waals surface area contributed by atoms with E-state index < -0.39 is 0 Å². The molecule has 0 saturated carbocycles. The summed E-state index contributed by atoms with van der Waals surface area (Å²) >= 11 is 0. The van der Waals surface area contributed by atoms with E-state index in [0.29, 0.717) is 28.9 Å². The van der Waals surface area contributed by atoms with Crippen molar-refractivity contribution in [2.24, 2.45) is 5.73 Å². The number of aromatic amines is 1. The monoisotopic (exact) mass is 380 g/mol. The van der Waals surface area contributed by atoms with Gasteiger partial charge >= 0.3 is 0 Å². The molecule has 7 nitrogen and oxygen atoms in total. The third-order valence-corrected chi connectivity index (χ3v) is 4.72. The molecule has 0 unspecified atom stereocenters. The summed E-state index contributed by atoms with van der Waals surface area (Å²) in [5, 5.41) is 30.3. The number of H-pyrrole nitrogens is 1. The maximum Gasteiger partial charge on any atom is 0.269 e. The molecule has 7 heteroatoms. The van der Waals surface area contributed by atoms with E-state index in [4.69, 9.17) is 5.73 Å². The summed E-state index contributed by atoms with van der Waals surface area (Å²) < 4.78 is 0.